The molecule has 0 saturated carbocycles. The molecule has 1 amide bonds. The molecule has 0 N–H and O–H groups in total. The van der Waals surface area contributed by atoms with Gasteiger partial charge in [-0.25, -0.2) is 0 Å². The van der Waals surface area contributed by atoms with Crippen molar-refractivity contribution < 1.29 is 14.1 Å². The predicted octanol–water partition coefficient (Wildman–Crippen LogP) is 3.48. The van der Waals surface area contributed by atoms with Crippen LogP contribution in [0.1, 0.15) is 41.1 Å². The van der Waals surface area contributed by atoms with Gasteiger partial charge in [-0.2, -0.15) is 0 Å². The Morgan fingerprint density at radius 2 is 2.00 bits per heavy atom. The summed E-state index contributed by atoms with van der Waals surface area (Å²) in [5.74, 6) is 1.88. The van der Waals surface area contributed by atoms with Gasteiger partial charge in [0.05, 0.1) is 12.8 Å². The topological polar surface area (TPSA) is 55.6 Å². The molecule has 1 aromatic heterocycles. The summed E-state index contributed by atoms with van der Waals surface area (Å²) in [6, 6.07) is 9.98. The molecule has 5 nitrogen and oxygen atoms in total. The maximum Gasteiger partial charge on any atom is 0.292 e. The van der Waals surface area contributed by atoms with Gasteiger partial charge in [-0.3, -0.25) is 4.79 Å². The predicted molar refractivity (Wildman–Crippen MR) is 91.2 cm³/mol. The van der Waals surface area contributed by atoms with Crippen LogP contribution in [-0.4, -0.2) is 36.2 Å². The number of ether oxygens (including phenoxy) is 1. The second-order valence-electron chi connectivity index (χ2n) is 6.45. The van der Waals surface area contributed by atoms with Gasteiger partial charge in [0, 0.05) is 19.2 Å². The Bertz CT molecular complexity index is 670. The summed E-state index contributed by atoms with van der Waals surface area (Å²) in [6.45, 7) is 3.42. The molecule has 1 fully saturated rings. The largest absolute Gasteiger partial charge is 0.497 e. The van der Waals surface area contributed by atoms with E-state index in [0.29, 0.717) is 11.7 Å². The number of nitrogens with zero attached hydrogens (tertiary/aromatic N) is 2. The minimum Gasteiger partial charge on any atom is -0.497 e. The van der Waals surface area contributed by atoms with Gasteiger partial charge in [0.2, 0.25) is 5.76 Å². The lowest BCUT2D eigenvalue weighted by atomic mass is 9.90. The molecule has 0 bridgehead atoms. The molecule has 0 atom stereocenters. The van der Waals surface area contributed by atoms with Crippen LogP contribution >= 0.6 is 0 Å². The molecule has 0 radical (unpaired) electrons. The molecular formula is C19H24N2O3. The number of benzene rings is 1. The maximum atomic E-state index is 12.3. The van der Waals surface area contributed by atoms with Gasteiger partial charge in [0.15, 0.2) is 0 Å². The van der Waals surface area contributed by atoms with E-state index in [2.05, 4.69) is 17.3 Å². The Labute approximate surface area is 142 Å². The summed E-state index contributed by atoms with van der Waals surface area (Å²) in [7, 11) is 1.68. The van der Waals surface area contributed by atoms with E-state index in [1.165, 1.54) is 5.56 Å². The monoisotopic (exact) mass is 328 g/mol. The fraction of sp³-hybridized carbons (Fsp3) is 0.474. The minimum absolute atomic E-state index is 0.0378. The smallest absolute Gasteiger partial charge is 0.292 e. The van der Waals surface area contributed by atoms with Crippen molar-refractivity contribution in [2.24, 2.45) is 5.92 Å². The summed E-state index contributed by atoms with van der Waals surface area (Å²) in [5.41, 5.74) is 2.08. The third kappa shape index (κ3) is 3.96. The highest BCUT2D eigenvalue weighted by molar-refractivity contribution is 5.91. The van der Waals surface area contributed by atoms with Crippen molar-refractivity contribution in [3.8, 4) is 5.75 Å². The van der Waals surface area contributed by atoms with E-state index < -0.39 is 0 Å². The van der Waals surface area contributed by atoms with Crippen LogP contribution in [0, 0.1) is 12.8 Å². The van der Waals surface area contributed by atoms with Gasteiger partial charge in [-0.1, -0.05) is 17.3 Å². The number of rotatable bonds is 5. The van der Waals surface area contributed by atoms with E-state index in [1.54, 1.807) is 13.2 Å². The van der Waals surface area contributed by atoms with Crippen LogP contribution in [0.4, 0.5) is 0 Å². The number of methoxy groups -OCH3 is 1. The lowest BCUT2D eigenvalue weighted by Crippen LogP contribution is -2.38. The van der Waals surface area contributed by atoms with Crippen molar-refractivity contribution in [3.63, 3.8) is 0 Å². The molecule has 24 heavy (non-hydrogen) atoms. The zero-order valence-electron chi connectivity index (χ0n) is 14.3. The van der Waals surface area contributed by atoms with E-state index in [9.17, 15) is 4.79 Å². The third-order valence-electron chi connectivity index (χ3n) is 4.74. The molecule has 1 saturated heterocycles. The second-order valence-corrected chi connectivity index (χ2v) is 6.45. The van der Waals surface area contributed by atoms with Gasteiger partial charge < -0.3 is 14.2 Å². The van der Waals surface area contributed by atoms with Crippen LogP contribution in [0.2, 0.25) is 0 Å². The number of aromatic nitrogens is 1. The molecule has 2 heterocycles. The lowest BCUT2D eigenvalue weighted by Gasteiger charge is -2.31. The highest BCUT2D eigenvalue weighted by Crippen LogP contribution is 2.24. The van der Waals surface area contributed by atoms with Crippen molar-refractivity contribution >= 4 is 5.91 Å². The Morgan fingerprint density at radius 1 is 1.29 bits per heavy atom. The zero-order chi connectivity index (χ0) is 16.9. The van der Waals surface area contributed by atoms with Gasteiger partial charge >= 0.3 is 0 Å². The number of carbonyl (C=O) groups excluding carboxylic acids is 1. The summed E-state index contributed by atoms with van der Waals surface area (Å²) in [6.07, 6.45) is 4.34. The first-order valence-corrected chi connectivity index (χ1v) is 8.51. The number of likely N-dealkylation sites (tertiary alicyclic amines) is 1. The number of hydrogen-bond donors (Lipinski definition) is 0. The van der Waals surface area contributed by atoms with Crippen LogP contribution in [0.15, 0.2) is 34.9 Å². The fourth-order valence-electron chi connectivity index (χ4n) is 3.21. The minimum atomic E-state index is -0.0378. The Hall–Kier alpha value is -2.30. The number of piperidine rings is 1. The van der Waals surface area contributed by atoms with E-state index in [4.69, 9.17) is 9.26 Å². The highest BCUT2D eigenvalue weighted by atomic mass is 16.5. The average Bonchev–Trinajstić information content (AvgIpc) is 3.06. The quantitative estimate of drug-likeness (QED) is 0.843. The van der Waals surface area contributed by atoms with E-state index in [0.717, 1.165) is 50.2 Å². The first-order chi connectivity index (χ1) is 11.7. The Morgan fingerprint density at radius 3 is 2.58 bits per heavy atom. The van der Waals surface area contributed by atoms with E-state index >= 15 is 0 Å². The van der Waals surface area contributed by atoms with Crippen LogP contribution < -0.4 is 4.74 Å². The third-order valence-corrected chi connectivity index (χ3v) is 4.74. The van der Waals surface area contributed by atoms with Gasteiger partial charge in [-0.15, -0.1) is 0 Å². The van der Waals surface area contributed by atoms with Crippen LogP contribution in [0.5, 0.6) is 5.75 Å². The number of hydrogen-bond acceptors (Lipinski definition) is 4. The molecule has 2 aromatic rings. The first-order valence-electron chi connectivity index (χ1n) is 8.51. The Kier molecular flexibility index (Phi) is 5.18. The Balaban J connectivity index is 1.45. The fourth-order valence-corrected chi connectivity index (χ4v) is 3.21. The van der Waals surface area contributed by atoms with Crippen molar-refractivity contribution in [1.29, 1.82) is 0 Å². The van der Waals surface area contributed by atoms with Crippen molar-refractivity contribution in [1.82, 2.24) is 10.1 Å². The SMILES string of the molecule is COc1ccc(CCC2CCN(C(=O)c3cc(C)no3)CC2)cc1. The van der Waals surface area contributed by atoms with Gasteiger partial charge in [0.1, 0.15) is 5.75 Å². The molecule has 5 heteroatoms. The molecule has 0 unspecified atom stereocenters. The van der Waals surface area contributed by atoms with Crippen molar-refractivity contribution in [2.75, 3.05) is 20.2 Å². The summed E-state index contributed by atoms with van der Waals surface area (Å²) < 4.78 is 10.3. The first kappa shape index (κ1) is 16.6. The van der Waals surface area contributed by atoms with Crippen LogP contribution in [0.3, 0.4) is 0 Å². The standard InChI is InChI=1S/C19H24N2O3/c1-14-13-18(24-20-14)19(22)21-11-9-16(10-12-21)4-3-15-5-7-17(23-2)8-6-15/h5-8,13,16H,3-4,9-12H2,1-2H3. The zero-order valence-corrected chi connectivity index (χ0v) is 14.3. The number of aryl methyl sites for hydroxylation is 2. The summed E-state index contributed by atoms with van der Waals surface area (Å²) in [5, 5.41) is 3.79. The molecule has 1 aliphatic heterocycles. The summed E-state index contributed by atoms with van der Waals surface area (Å²) in [4.78, 5) is 14.2. The molecule has 1 aliphatic rings. The van der Waals surface area contributed by atoms with Gasteiger partial charge in [-0.05, 0) is 56.2 Å². The molecule has 3 rings (SSSR count). The van der Waals surface area contributed by atoms with E-state index in [-0.39, 0.29) is 5.91 Å². The highest BCUT2D eigenvalue weighted by Gasteiger charge is 2.25. The van der Waals surface area contributed by atoms with Gasteiger partial charge in [0.25, 0.3) is 5.91 Å². The van der Waals surface area contributed by atoms with Crippen molar-refractivity contribution in [2.45, 2.75) is 32.6 Å². The number of carbonyl (C=O) groups is 1. The molecule has 128 valence electrons. The lowest BCUT2D eigenvalue weighted by molar-refractivity contribution is 0.0645. The summed E-state index contributed by atoms with van der Waals surface area (Å²) >= 11 is 0. The normalized spacial score (nSPS) is 15.5. The molecule has 0 spiro atoms. The number of amides is 1. The van der Waals surface area contributed by atoms with Crippen molar-refractivity contribution in [3.05, 3.63) is 47.3 Å². The molecular weight excluding hydrogens is 304 g/mol. The average molecular weight is 328 g/mol. The molecule has 1 aromatic carbocycles. The van der Waals surface area contributed by atoms with Crippen LogP contribution in [0.25, 0.3) is 0 Å². The maximum absolute atomic E-state index is 12.3. The molecule has 0 aliphatic carbocycles. The second kappa shape index (κ2) is 7.51. The van der Waals surface area contributed by atoms with Crippen LogP contribution in [-0.2, 0) is 6.42 Å². The van der Waals surface area contributed by atoms with E-state index in [1.807, 2.05) is 24.0 Å².